The van der Waals surface area contributed by atoms with Crippen LogP contribution in [0.25, 0.3) is 21.3 Å². The van der Waals surface area contributed by atoms with Gasteiger partial charge in [-0.1, -0.05) is 61.3 Å². The molecular formula is C26H24ClF3N2O4S2. The van der Waals surface area contributed by atoms with E-state index in [4.69, 9.17) is 26.5 Å². The first-order chi connectivity index (χ1) is 17.6. The maximum atomic E-state index is 13.2. The van der Waals surface area contributed by atoms with E-state index in [1.807, 2.05) is 13.0 Å². The minimum atomic E-state index is -5.08. The topological polar surface area (TPSA) is 96.4 Å². The molecule has 2 aromatic heterocycles. The summed E-state index contributed by atoms with van der Waals surface area (Å²) >= 11 is 7.65. The molecule has 0 bridgehead atoms. The Labute approximate surface area is 227 Å². The van der Waals surface area contributed by atoms with Gasteiger partial charge in [-0.2, -0.15) is 13.2 Å². The number of thiophene rings is 1. The summed E-state index contributed by atoms with van der Waals surface area (Å²) in [6.45, 7) is 8.22. The number of rotatable bonds is 5. The van der Waals surface area contributed by atoms with Gasteiger partial charge in [-0.3, -0.25) is 4.72 Å². The summed E-state index contributed by atoms with van der Waals surface area (Å²) in [6, 6.07) is 16.3. The Hall–Kier alpha value is -3.15. The maximum absolute atomic E-state index is 13.2. The Kier molecular flexibility index (Phi) is 8.75. The van der Waals surface area contributed by atoms with Gasteiger partial charge in [0.05, 0.1) is 10.6 Å². The molecule has 0 spiro atoms. The molecule has 12 heteroatoms. The normalized spacial score (nSPS) is 11.8. The Morgan fingerprint density at radius 1 is 1.08 bits per heavy atom. The fraction of sp³-hybridized carbons (Fsp3) is 0.231. The summed E-state index contributed by atoms with van der Waals surface area (Å²) in [4.78, 5) is 15.8. The summed E-state index contributed by atoms with van der Waals surface area (Å²) in [5.74, 6) is -2.49. The number of alkyl halides is 3. The highest BCUT2D eigenvalue weighted by Gasteiger charge is 2.38. The van der Waals surface area contributed by atoms with E-state index in [0.29, 0.717) is 10.7 Å². The first kappa shape index (κ1) is 29.4. The van der Waals surface area contributed by atoms with E-state index in [1.165, 1.54) is 17.0 Å². The van der Waals surface area contributed by atoms with Crippen LogP contribution < -0.4 is 4.72 Å². The van der Waals surface area contributed by atoms with Crippen LogP contribution in [-0.2, 0) is 14.8 Å². The number of halogens is 4. The lowest BCUT2D eigenvalue weighted by Crippen LogP contribution is -2.21. The molecule has 4 rings (SSSR count). The summed E-state index contributed by atoms with van der Waals surface area (Å²) < 4.78 is 60.9. The number of sulfonamides is 1. The van der Waals surface area contributed by atoms with Gasteiger partial charge in [0, 0.05) is 26.5 Å². The molecule has 0 aliphatic carbocycles. The van der Waals surface area contributed by atoms with Crippen molar-refractivity contribution in [3.63, 3.8) is 0 Å². The van der Waals surface area contributed by atoms with Gasteiger partial charge < -0.3 is 5.11 Å². The molecule has 0 saturated carbocycles. The molecule has 2 N–H and O–H groups in total. The molecule has 4 aromatic rings. The molecule has 0 saturated heterocycles. The molecule has 0 aliphatic heterocycles. The molecule has 0 aliphatic rings. The average molecular weight is 585 g/mol. The van der Waals surface area contributed by atoms with Gasteiger partial charge in [-0.05, 0) is 49.6 Å². The fourth-order valence-electron chi connectivity index (χ4n) is 3.65. The Bertz CT molecular complexity index is 1600. The molecule has 2 aromatic carbocycles. The third-order valence-electron chi connectivity index (χ3n) is 5.24. The van der Waals surface area contributed by atoms with Crippen LogP contribution >= 0.6 is 22.9 Å². The number of anilines is 1. The maximum Gasteiger partial charge on any atom is 0.490 e. The van der Waals surface area contributed by atoms with Crippen molar-refractivity contribution >= 4 is 54.8 Å². The Morgan fingerprint density at radius 2 is 1.71 bits per heavy atom. The molecule has 6 nitrogen and oxygen atoms in total. The highest BCUT2D eigenvalue weighted by atomic mass is 35.5. The number of hydrogen-bond acceptors (Lipinski definition) is 5. The Balaban J connectivity index is 0.000000505. The zero-order valence-corrected chi connectivity index (χ0v) is 23.1. The molecule has 2 heterocycles. The number of nitrogens with one attached hydrogen (secondary N) is 1. The number of pyridine rings is 1. The van der Waals surface area contributed by atoms with Gasteiger partial charge in [0.15, 0.2) is 0 Å². The number of aliphatic carboxylic acids is 1. The second kappa shape index (κ2) is 11.3. The van der Waals surface area contributed by atoms with Crippen LogP contribution in [0, 0.1) is 13.8 Å². The first-order valence-electron chi connectivity index (χ1n) is 11.2. The SMILES string of the molecule is Cc1cccc(-c2c(C(C)C)sc3nc(C)cc(NS(=O)(=O)c4cccc(Cl)c4)c23)c1.O=C(O)C(F)(F)F. The smallest absolute Gasteiger partial charge is 0.475 e. The zero-order chi connectivity index (χ0) is 28.4. The van der Waals surface area contributed by atoms with Gasteiger partial charge in [0.25, 0.3) is 10.0 Å². The Morgan fingerprint density at radius 3 is 2.26 bits per heavy atom. The number of hydrogen-bond donors (Lipinski definition) is 2. The van der Waals surface area contributed by atoms with Crippen LogP contribution in [0.15, 0.2) is 59.5 Å². The standard InChI is InChI=1S/C24H23ClN2O2S2.C2HF3O2/c1-14(2)23-21(17-8-5-7-15(3)11-17)22-20(12-16(4)26-24(22)30-23)27-31(28,29)19-10-6-9-18(25)13-19;3-2(4,5)1(6)7/h5-14H,1-4H3,(H,26,27);(H,6,7). The van der Waals surface area contributed by atoms with Gasteiger partial charge >= 0.3 is 12.1 Å². The fourth-order valence-corrected chi connectivity index (χ4v) is 6.28. The number of carboxylic acid groups (broad SMARTS) is 1. The van der Waals surface area contributed by atoms with Crippen LogP contribution in [-0.4, -0.2) is 30.7 Å². The molecule has 0 radical (unpaired) electrons. The van der Waals surface area contributed by atoms with Crippen molar-refractivity contribution in [3.05, 3.63) is 75.8 Å². The number of benzene rings is 2. The molecule has 0 fully saturated rings. The van der Waals surface area contributed by atoms with E-state index in [-0.39, 0.29) is 10.8 Å². The second-order valence-corrected chi connectivity index (χ2v) is 11.9. The molecular weight excluding hydrogens is 561 g/mol. The van der Waals surface area contributed by atoms with Crippen molar-refractivity contribution in [1.82, 2.24) is 4.98 Å². The molecule has 38 heavy (non-hydrogen) atoms. The number of carboxylic acids is 1. The second-order valence-electron chi connectivity index (χ2n) is 8.72. The molecule has 0 amide bonds. The highest BCUT2D eigenvalue weighted by Crippen LogP contribution is 2.45. The summed E-state index contributed by atoms with van der Waals surface area (Å²) in [6.07, 6.45) is -5.08. The first-order valence-corrected chi connectivity index (χ1v) is 13.9. The summed E-state index contributed by atoms with van der Waals surface area (Å²) in [5.41, 5.74) is 4.53. The van der Waals surface area contributed by atoms with Gasteiger partial charge in [-0.25, -0.2) is 18.2 Å². The number of nitrogens with zero attached hydrogens (tertiary/aromatic N) is 1. The number of fused-ring (bicyclic) bond motifs is 1. The largest absolute Gasteiger partial charge is 0.490 e. The molecule has 0 atom stereocenters. The van der Waals surface area contributed by atoms with Crippen LogP contribution in [0.4, 0.5) is 18.9 Å². The predicted octanol–water partition coefficient (Wildman–Crippen LogP) is 7.79. The number of carbonyl (C=O) groups is 1. The molecule has 202 valence electrons. The third-order valence-corrected chi connectivity index (χ3v) is 8.22. The van der Waals surface area contributed by atoms with Crippen LogP contribution in [0.5, 0.6) is 0 Å². The van der Waals surface area contributed by atoms with E-state index in [2.05, 4.69) is 43.7 Å². The quantitative estimate of drug-likeness (QED) is 0.249. The minimum Gasteiger partial charge on any atom is -0.475 e. The van der Waals surface area contributed by atoms with E-state index in [9.17, 15) is 21.6 Å². The van der Waals surface area contributed by atoms with E-state index >= 15 is 0 Å². The summed E-state index contributed by atoms with van der Waals surface area (Å²) in [5, 5.41) is 8.33. The number of aryl methyl sites for hydroxylation is 2. The lowest BCUT2D eigenvalue weighted by Gasteiger charge is -2.13. The number of aromatic nitrogens is 1. The zero-order valence-electron chi connectivity index (χ0n) is 20.7. The highest BCUT2D eigenvalue weighted by molar-refractivity contribution is 7.92. The lowest BCUT2D eigenvalue weighted by atomic mass is 9.96. The van der Waals surface area contributed by atoms with Crippen LogP contribution in [0.1, 0.15) is 35.9 Å². The van der Waals surface area contributed by atoms with Crippen molar-refractivity contribution < 1.29 is 31.5 Å². The van der Waals surface area contributed by atoms with Gasteiger partial charge in [0.2, 0.25) is 0 Å². The van der Waals surface area contributed by atoms with E-state index < -0.39 is 22.2 Å². The van der Waals surface area contributed by atoms with Crippen LogP contribution in [0.2, 0.25) is 5.02 Å². The predicted molar refractivity (Wildman–Crippen MR) is 145 cm³/mol. The summed E-state index contributed by atoms with van der Waals surface area (Å²) in [7, 11) is -3.82. The van der Waals surface area contributed by atoms with Crippen molar-refractivity contribution in [1.29, 1.82) is 0 Å². The van der Waals surface area contributed by atoms with Gasteiger partial charge in [0.1, 0.15) is 4.83 Å². The van der Waals surface area contributed by atoms with Crippen LogP contribution in [0.3, 0.4) is 0 Å². The van der Waals surface area contributed by atoms with Crippen molar-refractivity contribution in [2.75, 3.05) is 4.72 Å². The van der Waals surface area contributed by atoms with Crippen molar-refractivity contribution in [2.45, 2.75) is 44.7 Å². The van der Waals surface area contributed by atoms with Crippen molar-refractivity contribution in [2.24, 2.45) is 0 Å². The third kappa shape index (κ3) is 6.83. The average Bonchev–Trinajstić information content (AvgIpc) is 3.18. The van der Waals surface area contributed by atoms with Gasteiger partial charge in [-0.15, -0.1) is 11.3 Å². The minimum absolute atomic E-state index is 0.124. The monoisotopic (exact) mass is 584 g/mol. The lowest BCUT2D eigenvalue weighted by molar-refractivity contribution is -0.192. The van der Waals surface area contributed by atoms with E-state index in [1.54, 1.807) is 29.5 Å². The molecule has 0 unspecified atom stereocenters. The van der Waals surface area contributed by atoms with Crippen molar-refractivity contribution in [3.8, 4) is 11.1 Å². The van der Waals surface area contributed by atoms with E-state index in [0.717, 1.165) is 32.6 Å².